The van der Waals surface area contributed by atoms with E-state index in [4.69, 9.17) is 13.8 Å². The highest BCUT2D eigenvalue weighted by Gasteiger charge is 2.13. The standard InChI is InChI=1S/C26H56NO5P/c1-5-6-7-8-9-10-11-12-13-14-15-16-17-18-19-20-23-30-24-21-25-31-33(28,29)32-26-22-27(2,3)4/h5-26H2,1-4H3. The zero-order valence-corrected chi connectivity index (χ0v) is 23.4. The SMILES string of the molecule is CCCCCCCCCCCCCCCCCCOCCCOP(=O)([O-])OCC[N+](C)(C)C. The van der Waals surface area contributed by atoms with Gasteiger partial charge >= 0.3 is 0 Å². The van der Waals surface area contributed by atoms with Crippen molar-refractivity contribution < 1.29 is 27.7 Å². The Kier molecular flexibility index (Phi) is 22.5. The first-order valence-electron chi connectivity index (χ1n) is 13.7. The number of quaternary nitrogens is 1. The Hall–Kier alpha value is 0.0300. The van der Waals surface area contributed by atoms with Gasteiger partial charge < -0.3 is 23.2 Å². The van der Waals surface area contributed by atoms with Gasteiger partial charge in [-0.3, -0.25) is 4.57 Å². The monoisotopic (exact) mass is 493 g/mol. The van der Waals surface area contributed by atoms with Crippen molar-refractivity contribution in [1.82, 2.24) is 0 Å². The van der Waals surface area contributed by atoms with Crippen LogP contribution in [0.2, 0.25) is 0 Å². The van der Waals surface area contributed by atoms with Crippen LogP contribution in [0.3, 0.4) is 0 Å². The molecule has 33 heavy (non-hydrogen) atoms. The summed E-state index contributed by atoms with van der Waals surface area (Å²) in [7, 11) is 1.76. The summed E-state index contributed by atoms with van der Waals surface area (Å²) in [4.78, 5) is 11.7. The van der Waals surface area contributed by atoms with Crippen LogP contribution in [0.25, 0.3) is 0 Å². The van der Waals surface area contributed by atoms with Gasteiger partial charge in [-0.2, -0.15) is 0 Å². The van der Waals surface area contributed by atoms with Gasteiger partial charge in [0.25, 0.3) is 7.82 Å². The van der Waals surface area contributed by atoms with E-state index in [1.165, 1.54) is 96.3 Å². The minimum absolute atomic E-state index is 0.115. The van der Waals surface area contributed by atoms with Crippen LogP contribution in [-0.4, -0.2) is 58.6 Å². The average molecular weight is 494 g/mol. The van der Waals surface area contributed by atoms with Crippen LogP contribution in [-0.2, 0) is 18.3 Å². The molecule has 6 nitrogen and oxygen atoms in total. The topological polar surface area (TPSA) is 67.8 Å². The number of likely N-dealkylation sites (N-methyl/N-ethyl adjacent to an activating group) is 1. The lowest BCUT2D eigenvalue weighted by atomic mass is 10.0. The van der Waals surface area contributed by atoms with E-state index in [0.29, 0.717) is 24.1 Å². The Morgan fingerprint density at radius 3 is 1.42 bits per heavy atom. The van der Waals surface area contributed by atoms with Crippen molar-refractivity contribution in [1.29, 1.82) is 0 Å². The molecule has 0 saturated carbocycles. The number of nitrogens with zero attached hydrogens (tertiary/aromatic N) is 1. The maximum absolute atomic E-state index is 11.7. The highest BCUT2D eigenvalue weighted by Crippen LogP contribution is 2.38. The van der Waals surface area contributed by atoms with Crippen LogP contribution < -0.4 is 4.89 Å². The lowest BCUT2D eigenvalue weighted by molar-refractivity contribution is -0.870. The van der Waals surface area contributed by atoms with Gasteiger partial charge in [0, 0.05) is 13.2 Å². The molecule has 0 aromatic rings. The predicted molar refractivity (Wildman–Crippen MR) is 137 cm³/mol. The Labute approximate surface area is 206 Å². The summed E-state index contributed by atoms with van der Waals surface area (Å²) in [6.45, 7) is 4.41. The largest absolute Gasteiger partial charge is 0.756 e. The first kappa shape index (κ1) is 33.0. The number of rotatable bonds is 26. The van der Waals surface area contributed by atoms with Gasteiger partial charge in [0.15, 0.2) is 0 Å². The molecule has 0 rings (SSSR count). The van der Waals surface area contributed by atoms with E-state index < -0.39 is 7.82 Å². The van der Waals surface area contributed by atoms with Crippen LogP contribution >= 0.6 is 7.82 Å². The van der Waals surface area contributed by atoms with Crippen molar-refractivity contribution >= 4 is 7.82 Å². The molecule has 0 amide bonds. The fraction of sp³-hybridized carbons (Fsp3) is 1.00. The van der Waals surface area contributed by atoms with Crippen LogP contribution in [0, 0.1) is 0 Å². The summed E-state index contributed by atoms with van der Waals surface area (Å²) in [5, 5.41) is 0. The molecule has 1 atom stereocenters. The van der Waals surface area contributed by atoms with Crippen LogP contribution in [0.15, 0.2) is 0 Å². The molecule has 0 heterocycles. The van der Waals surface area contributed by atoms with Gasteiger partial charge in [0.1, 0.15) is 13.2 Å². The fourth-order valence-electron chi connectivity index (χ4n) is 3.66. The summed E-state index contributed by atoms with van der Waals surface area (Å²) < 4.78 is 27.6. The lowest BCUT2D eigenvalue weighted by Gasteiger charge is -2.27. The molecule has 0 aliphatic heterocycles. The Bertz CT molecular complexity index is 456. The minimum Gasteiger partial charge on any atom is -0.756 e. The normalized spacial score (nSPS) is 14.0. The molecular weight excluding hydrogens is 437 g/mol. The van der Waals surface area contributed by atoms with Gasteiger partial charge in [0.2, 0.25) is 0 Å². The Morgan fingerprint density at radius 1 is 0.576 bits per heavy atom. The second kappa shape index (κ2) is 22.5. The molecular formula is C26H56NO5P. The second-order valence-electron chi connectivity index (χ2n) is 10.4. The van der Waals surface area contributed by atoms with E-state index in [9.17, 15) is 9.46 Å². The molecule has 0 bridgehead atoms. The number of phosphoric ester groups is 1. The molecule has 0 radical (unpaired) electrons. The van der Waals surface area contributed by atoms with Gasteiger partial charge in [-0.15, -0.1) is 0 Å². The number of ether oxygens (including phenoxy) is 1. The summed E-state index contributed by atoms with van der Waals surface area (Å²) >= 11 is 0. The number of hydrogen-bond donors (Lipinski definition) is 0. The third-order valence-corrected chi connectivity index (χ3v) is 6.83. The molecule has 0 N–H and O–H groups in total. The molecule has 0 aliphatic rings. The maximum Gasteiger partial charge on any atom is 0.268 e. The number of phosphoric acid groups is 1. The zero-order chi connectivity index (χ0) is 24.7. The van der Waals surface area contributed by atoms with Gasteiger partial charge in [-0.05, 0) is 12.8 Å². The predicted octanol–water partition coefficient (Wildman–Crippen LogP) is 6.86. The first-order valence-corrected chi connectivity index (χ1v) is 15.2. The summed E-state index contributed by atoms with van der Waals surface area (Å²) in [5.41, 5.74) is 0. The van der Waals surface area contributed by atoms with Crippen molar-refractivity contribution in [2.24, 2.45) is 0 Å². The van der Waals surface area contributed by atoms with Crippen LogP contribution in [0.5, 0.6) is 0 Å². The van der Waals surface area contributed by atoms with E-state index in [2.05, 4.69) is 6.92 Å². The number of hydrogen-bond acceptors (Lipinski definition) is 5. The Morgan fingerprint density at radius 2 is 0.970 bits per heavy atom. The highest BCUT2D eigenvalue weighted by molar-refractivity contribution is 7.45. The van der Waals surface area contributed by atoms with E-state index in [0.717, 1.165) is 13.0 Å². The molecule has 0 fully saturated rings. The van der Waals surface area contributed by atoms with Crippen LogP contribution in [0.1, 0.15) is 116 Å². The fourth-order valence-corrected chi connectivity index (χ4v) is 4.39. The second-order valence-corrected chi connectivity index (χ2v) is 11.8. The van der Waals surface area contributed by atoms with Crippen molar-refractivity contribution in [3.05, 3.63) is 0 Å². The quantitative estimate of drug-likeness (QED) is 0.0748. The first-order chi connectivity index (χ1) is 15.8. The molecule has 200 valence electrons. The van der Waals surface area contributed by atoms with Crippen LogP contribution in [0.4, 0.5) is 0 Å². The van der Waals surface area contributed by atoms with Crippen molar-refractivity contribution in [2.75, 3.05) is 54.1 Å². The van der Waals surface area contributed by atoms with E-state index in [1.807, 2.05) is 21.1 Å². The number of unbranched alkanes of at least 4 members (excludes halogenated alkanes) is 15. The molecule has 0 saturated heterocycles. The summed E-state index contributed by atoms with van der Waals surface area (Å²) in [5.74, 6) is 0. The Balaban J connectivity index is 3.23. The lowest BCUT2D eigenvalue weighted by Crippen LogP contribution is -2.37. The van der Waals surface area contributed by atoms with Crippen molar-refractivity contribution in [2.45, 2.75) is 116 Å². The average Bonchev–Trinajstić information content (AvgIpc) is 2.73. The highest BCUT2D eigenvalue weighted by atomic mass is 31.2. The zero-order valence-electron chi connectivity index (χ0n) is 22.5. The van der Waals surface area contributed by atoms with Crippen molar-refractivity contribution in [3.8, 4) is 0 Å². The smallest absolute Gasteiger partial charge is 0.268 e. The maximum atomic E-state index is 11.7. The third kappa shape index (κ3) is 28.2. The van der Waals surface area contributed by atoms with Gasteiger partial charge in [-0.1, -0.05) is 103 Å². The van der Waals surface area contributed by atoms with Crippen molar-refractivity contribution in [3.63, 3.8) is 0 Å². The molecule has 0 aromatic heterocycles. The molecule has 7 heteroatoms. The van der Waals surface area contributed by atoms with Gasteiger partial charge in [-0.25, -0.2) is 0 Å². The van der Waals surface area contributed by atoms with E-state index in [-0.39, 0.29) is 13.2 Å². The summed E-state index contributed by atoms with van der Waals surface area (Å²) in [6.07, 6.45) is 22.4. The summed E-state index contributed by atoms with van der Waals surface area (Å²) in [6, 6.07) is 0. The van der Waals surface area contributed by atoms with E-state index in [1.54, 1.807) is 0 Å². The molecule has 0 spiro atoms. The third-order valence-electron chi connectivity index (χ3n) is 5.84. The molecule has 0 aliphatic carbocycles. The van der Waals surface area contributed by atoms with Gasteiger partial charge in [0.05, 0.1) is 27.7 Å². The minimum atomic E-state index is -4.19. The molecule has 1 unspecified atom stereocenters. The molecule has 0 aromatic carbocycles. The van der Waals surface area contributed by atoms with E-state index >= 15 is 0 Å².